The molecule has 0 aliphatic heterocycles. The minimum atomic E-state index is -0.291. The molecule has 0 aliphatic carbocycles. The summed E-state index contributed by atoms with van der Waals surface area (Å²) in [5, 5.41) is 0.251. The van der Waals surface area contributed by atoms with Crippen LogP contribution < -0.4 is 5.56 Å². The average Bonchev–Trinajstić information content (AvgIpc) is 2.49. The van der Waals surface area contributed by atoms with Gasteiger partial charge in [-0.3, -0.25) is 4.79 Å². The topological polar surface area (TPSA) is 45.8 Å². The van der Waals surface area contributed by atoms with E-state index in [1.807, 2.05) is 60.7 Å². The van der Waals surface area contributed by atoms with E-state index in [-0.39, 0.29) is 10.7 Å². The van der Waals surface area contributed by atoms with Gasteiger partial charge in [-0.15, -0.1) is 0 Å². The van der Waals surface area contributed by atoms with Crippen molar-refractivity contribution in [3.63, 3.8) is 0 Å². The van der Waals surface area contributed by atoms with Crippen LogP contribution >= 0.6 is 11.6 Å². The monoisotopic (exact) mass is 282 g/mol. The second-order valence-electron chi connectivity index (χ2n) is 4.31. The third-order valence-electron chi connectivity index (χ3n) is 2.96. The number of aromatic nitrogens is 2. The minimum absolute atomic E-state index is 0.251. The highest BCUT2D eigenvalue weighted by Crippen LogP contribution is 2.25. The van der Waals surface area contributed by atoms with Gasteiger partial charge in [0.15, 0.2) is 0 Å². The van der Waals surface area contributed by atoms with Crippen molar-refractivity contribution in [2.24, 2.45) is 0 Å². The largest absolute Gasteiger partial charge is 0.309 e. The molecule has 2 aromatic carbocycles. The number of hydrogen-bond acceptors (Lipinski definition) is 2. The van der Waals surface area contributed by atoms with Gasteiger partial charge in [0.1, 0.15) is 16.5 Å². The normalized spacial score (nSPS) is 10.4. The molecule has 3 nitrogen and oxygen atoms in total. The van der Waals surface area contributed by atoms with Crippen LogP contribution in [-0.4, -0.2) is 9.97 Å². The van der Waals surface area contributed by atoms with E-state index < -0.39 is 0 Å². The van der Waals surface area contributed by atoms with Gasteiger partial charge in [-0.1, -0.05) is 72.3 Å². The smallest absolute Gasteiger partial charge is 0.275 e. The highest BCUT2D eigenvalue weighted by molar-refractivity contribution is 6.31. The molecule has 0 radical (unpaired) electrons. The fourth-order valence-corrected chi connectivity index (χ4v) is 2.25. The Morgan fingerprint density at radius 1 is 0.800 bits per heavy atom. The fourth-order valence-electron chi connectivity index (χ4n) is 2.01. The van der Waals surface area contributed by atoms with Gasteiger partial charge in [0.25, 0.3) is 5.56 Å². The SMILES string of the molecule is O=c1[nH]c(Cl)c(-c2ccccc2)nc1-c1ccccc1. The summed E-state index contributed by atoms with van der Waals surface area (Å²) in [7, 11) is 0. The summed E-state index contributed by atoms with van der Waals surface area (Å²) in [6.45, 7) is 0. The molecule has 1 heterocycles. The molecule has 4 heteroatoms. The number of nitrogens with zero attached hydrogens (tertiary/aromatic N) is 1. The number of hydrogen-bond donors (Lipinski definition) is 1. The van der Waals surface area contributed by atoms with E-state index in [2.05, 4.69) is 9.97 Å². The first kappa shape index (κ1) is 12.6. The van der Waals surface area contributed by atoms with E-state index in [0.29, 0.717) is 11.4 Å². The first-order valence-corrected chi connectivity index (χ1v) is 6.54. The van der Waals surface area contributed by atoms with Crippen LogP contribution in [0.2, 0.25) is 5.15 Å². The van der Waals surface area contributed by atoms with E-state index in [0.717, 1.165) is 11.1 Å². The maximum atomic E-state index is 12.0. The van der Waals surface area contributed by atoms with Crippen molar-refractivity contribution in [3.8, 4) is 22.5 Å². The second-order valence-corrected chi connectivity index (χ2v) is 4.69. The Morgan fingerprint density at radius 2 is 1.30 bits per heavy atom. The van der Waals surface area contributed by atoms with Gasteiger partial charge in [-0.05, 0) is 0 Å². The molecular weight excluding hydrogens is 272 g/mol. The number of halogens is 1. The van der Waals surface area contributed by atoms with Gasteiger partial charge < -0.3 is 4.98 Å². The summed E-state index contributed by atoms with van der Waals surface area (Å²) in [5.74, 6) is 0. The number of rotatable bonds is 2. The molecule has 0 fully saturated rings. The molecule has 1 N–H and O–H groups in total. The highest BCUT2D eigenvalue weighted by Gasteiger charge is 2.12. The van der Waals surface area contributed by atoms with Crippen molar-refractivity contribution in [1.82, 2.24) is 9.97 Å². The minimum Gasteiger partial charge on any atom is -0.309 e. The van der Waals surface area contributed by atoms with Gasteiger partial charge in [-0.2, -0.15) is 0 Å². The Morgan fingerprint density at radius 3 is 1.85 bits per heavy atom. The summed E-state index contributed by atoms with van der Waals surface area (Å²) >= 11 is 6.11. The number of benzene rings is 2. The number of nitrogens with one attached hydrogen (secondary N) is 1. The van der Waals surface area contributed by atoms with Crippen molar-refractivity contribution >= 4 is 11.6 Å². The standard InChI is InChI=1S/C16H11ClN2O/c17-15-13(11-7-3-1-4-8-11)18-14(16(20)19-15)12-9-5-2-6-10-12/h1-10H,(H,19,20). The van der Waals surface area contributed by atoms with Crippen molar-refractivity contribution in [2.75, 3.05) is 0 Å². The highest BCUT2D eigenvalue weighted by atomic mass is 35.5. The lowest BCUT2D eigenvalue weighted by molar-refractivity contribution is 1.15. The van der Waals surface area contributed by atoms with Crippen LogP contribution in [0.3, 0.4) is 0 Å². The lowest BCUT2D eigenvalue weighted by Crippen LogP contribution is -2.12. The summed E-state index contributed by atoms with van der Waals surface area (Å²) < 4.78 is 0. The third-order valence-corrected chi connectivity index (χ3v) is 3.24. The van der Waals surface area contributed by atoms with Crippen molar-refractivity contribution in [2.45, 2.75) is 0 Å². The van der Waals surface area contributed by atoms with Crippen LogP contribution in [0, 0.1) is 0 Å². The Hall–Kier alpha value is -2.39. The van der Waals surface area contributed by atoms with E-state index in [9.17, 15) is 4.79 Å². The maximum absolute atomic E-state index is 12.0. The first-order valence-electron chi connectivity index (χ1n) is 6.16. The molecule has 0 saturated heterocycles. The molecular formula is C16H11ClN2O. The average molecular weight is 283 g/mol. The van der Waals surface area contributed by atoms with Crippen LogP contribution in [0.5, 0.6) is 0 Å². The summed E-state index contributed by atoms with van der Waals surface area (Å²) in [5.41, 5.74) is 2.29. The van der Waals surface area contributed by atoms with Crippen LogP contribution in [-0.2, 0) is 0 Å². The molecule has 1 aromatic heterocycles. The molecule has 3 aromatic rings. The van der Waals surface area contributed by atoms with Crippen LogP contribution in [0.25, 0.3) is 22.5 Å². The third kappa shape index (κ3) is 2.36. The molecule has 0 bridgehead atoms. The summed E-state index contributed by atoms with van der Waals surface area (Å²) in [4.78, 5) is 19.1. The van der Waals surface area contributed by atoms with Gasteiger partial charge >= 0.3 is 0 Å². The van der Waals surface area contributed by atoms with Crippen LogP contribution in [0.1, 0.15) is 0 Å². The predicted octanol–water partition coefficient (Wildman–Crippen LogP) is 3.76. The van der Waals surface area contributed by atoms with Crippen molar-refractivity contribution in [3.05, 3.63) is 76.2 Å². The number of aromatic amines is 1. The molecule has 0 amide bonds. The molecule has 0 unspecified atom stereocenters. The second kappa shape index (κ2) is 5.31. The zero-order valence-corrected chi connectivity index (χ0v) is 11.3. The van der Waals surface area contributed by atoms with Crippen molar-refractivity contribution < 1.29 is 0 Å². The van der Waals surface area contributed by atoms with Crippen molar-refractivity contribution in [1.29, 1.82) is 0 Å². The molecule has 98 valence electrons. The van der Waals surface area contributed by atoms with Gasteiger partial charge in [0.05, 0.1) is 0 Å². The Balaban J connectivity index is 2.21. The van der Waals surface area contributed by atoms with E-state index in [1.165, 1.54) is 0 Å². The Labute approximate surface area is 120 Å². The Kier molecular flexibility index (Phi) is 3.35. The van der Waals surface area contributed by atoms with Gasteiger partial charge in [0, 0.05) is 11.1 Å². The maximum Gasteiger partial charge on any atom is 0.275 e. The fraction of sp³-hybridized carbons (Fsp3) is 0. The summed E-state index contributed by atoms with van der Waals surface area (Å²) in [6.07, 6.45) is 0. The molecule has 0 atom stereocenters. The molecule has 20 heavy (non-hydrogen) atoms. The van der Waals surface area contributed by atoms with E-state index in [4.69, 9.17) is 11.6 Å². The van der Waals surface area contributed by atoms with E-state index >= 15 is 0 Å². The zero-order chi connectivity index (χ0) is 13.9. The van der Waals surface area contributed by atoms with E-state index in [1.54, 1.807) is 0 Å². The predicted molar refractivity (Wildman–Crippen MR) is 80.7 cm³/mol. The zero-order valence-electron chi connectivity index (χ0n) is 10.5. The van der Waals surface area contributed by atoms with Gasteiger partial charge in [-0.25, -0.2) is 4.98 Å². The lowest BCUT2D eigenvalue weighted by Gasteiger charge is -2.06. The molecule has 0 aliphatic rings. The van der Waals surface area contributed by atoms with Gasteiger partial charge in [0.2, 0.25) is 0 Å². The molecule has 0 saturated carbocycles. The summed E-state index contributed by atoms with van der Waals surface area (Å²) in [6, 6.07) is 18.9. The number of H-pyrrole nitrogens is 1. The van der Waals surface area contributed by atoms with Crippen LogP contribution in [0.15, 0.2) is 65.5 Å². The quantitative estimate of drug-likeness (QED) is 0.778. The first-order chi connectivity index (χ1) is 9.75. The van der Waals surface area contributed by atoms with Crippen LogP contribution in [0.4, 0.5) is 0 Å². The molecule has 0 spiro atoms. The molecule has 3 rings (SSSR count). The Bertz CT molecular complexity index is 783. The lowest BCUT2D eigenvalue weighted by atomic mass is 10.1.